The van der Waals surface area contributed by atoms with Crippen LogP contribution in [0.5, 0.6) is 0 Å². The first-order valence-electron chi connectivity index (χ1n) is 18.4. The van der Waals surface area contributed by atoms with Gasteiger partial charge in [0.1, 0.15) is 18.3 Å². The van der Waals surface area contributed by atoms with E-state index >= 15 is 0 Å². The molecule has 5 fully saturated rings. The summed E-state index contributed by atoms with van der Waals surface area (Å²) in [6.07, 6.45) is 5.85. The van der Waals surface area contributed by atoms with E-state index in [2.05, 4.69) is 27.2 Å². The lowest BCUT2D eigenvalue weighted by molar-refractivity contribution is -0.148. The normalized spacial score (nSPS) is 30.6. The topological polar surface area (TPSA) is 130 Å². The Kier molecular flexibility index (Phi) is 9.34. The molecule has 2 aliphatic carbocycles. The first kappa shape index (κ1) is 35.8. The van der Waals surface area contributed by atoms with Crippen molar-refractivity contribution in [3.8, 4) is 0 Å². The van der Waals surface area contributed by atoms with Crippen LogP contribution in [0.25, 0.3) is 10.1 Å². The number of hydrogen-bond acceptors (Lipinski definition) is 6. The lowest BCUT2D eigenvalue weighted by Gasteiger charge is -2.45. The molecule has 1 spiro atoms. The van der Waals surface area contributed by atoms with E-state index in [0.29, 0.717) is 61.6 Å². The number of nitrogens with one attached hydrogen (secondary N) is 1. The first-order valence-corrected chi connectivity index (χ1v) is 20.9. The van der Waals surface area contributed by atoms with Gasteiger partial charge in [0, 0.05) is 40.8 Å². The second-order valence-corrected chi connectivity index (χ2v) is 18.4. The molecule has 3 N–H and O–H groups in total. The lowest BCUT2D eigenvalue weighted by atomic mass is 9.86. The van der Waals surface area contributed by atoms with Gasteiger partial charge >= 0.3 is 7.60 Å². The minimum atomic E-state index is -5.01. The highest BCUT2D eigenvalue weighted by molar-refractivity contribution is 7.51. The van der Waals surface area contributed by atoms with Gasteiger partial charge in [-0.1, -0.05) is 36.4 Å². The van der Waals surface area contributed by atoms with Gasteiger partial charge in [0.15, 0.2) is 0 Å². The molecule has 3 saturated heterocycles. The summed E-state index contributed by atoms with van der Waals surface area (Å²) in [6, 6.07) is 14.4. The van der Waals surface area contributed by atoms with E-state index in [1.807, 2.05) is 25.2 Å². The maximum absolute atomic E-state index is 14.6. The summed E-state index contributed by atoms with van der Waals surface area (Å²) in [5.74, 6) is -3.00. The zero-order valence-electron chi connectivity index (χ0n) is 29.1. The van der Waals surface area contributed by atoms with Gasteiger partial charge in [-0.15, -0.1) is 11.3 Å². The van der Waals surface area contributed by atoms with Crippen LogP contribution < -0.4 is 5.32 Å². The largest absolute Gasteiger partial charge is 0.363 e. The fraction of sp³-hybridized carbons (Fsp3) is 0.553. The van der Waals surface area contributed by atoms with Crippen LogP contribution in [0, 0.1) is 0 Å². The molecule has 6 atom stereocenters. The number of rotatable bonds is 8. The molecule has 278 valence electrons. The van der Waals surface area contributed by atoms with E-state index in [9.17, 15) is 37.5 Å². The predicted molar refractivity (Wildman–Crippen MR) is 193 cm³/mol. The third-order valence-electron chi connectivity index (χ3n) is 12.5. The fourth-order valence-corrected chi connectivity index (χ4v) is 10.8. The second-order valence-electron chi connectivity index (χ2n) is 15.7. The van der Waals surface area contributed by atoms with Crippen molar-refractivity contribution in [1.29, 1.82) is 0 Å². The van der Waals surface area contributed by atoms with E-state index < -0.39 is 37.7 Å². The Bertz CT molecular complexity index is 1920. The molecule has 0 radical (unpaired) electrons. The van der Waals surface area contributed by atoms with Gasteiger partial charge in [-0.25, -0.2) is 8.78 Å². The number of halogens is 2. The summed E-state index contributed by atoms with van der Waals surface area (Å²) in [6.45, 7) is 0.620. The molecular formula is C38H45F2N4O6PS. The Morgan fingerprint density at radius 2 is 1.77 bits per heavy atom. The number of amides is 3. The number of nitrogens with zero attached hydrogens (tertiary/aromatic N) is 3. The number of carbonyl (C=O) groups excluding carboxylic acids is 3. The highest BCUT2D eigenvalue weighted by Crippen LogP contribution is 2.55. The van der Waals surface area contributed by atoms with Crippen LogP contribution in [-0.4, -0.2) is 97.7 Å². The molecule has 10 nitrogen and oxygen atoms in total. The highest BCUT2D eigenvalue weighted by atomic mass is 32.1. The number of likely N-dealkylation sites (tertiary alicyclic amines) is 1. The van der Waals surface area contributed by atoms with Crippen molar-refractivity contribution in [3.63, 3.8) is 0 Å². The minimum Gasteiger partial charge on any atom is -0.340 e. The first-order chi connectivity index (χ1) is 24.8. The Morgan fingerprint density at radius 1 is 1.02 bits per heavy atom. The molecule has 2 saturated carbocycles. The monoisotopic (exact) mass is 754 g/mol. The summed E-state index contributed by atoms with van der Waals surface area (Å²) < 4.78 is 40.5. The zero-order chi connectivity index (χ0) is 36.5. The lowest BCUT2D eigenvalue weighted by Crippen LogP contribution is -2.59. The number of benzene rings is 2. The van der Waals surface area contributed by atoms with Gasteiger partial charge in [0.05, 0.1) is 4.88 Å². The maximum Gasteiger partial charge on any atom is 0.363 e. The Hall–Kier alpha value is -3.22. The number of fused-ring (bicyclic) bond motifs is 2. The van der Waals surface area contributed by atoms with E-state index in [-0.39, 0.29) is 51.8 Å². The number of thiophene rings is 1. The highest BCUT2D eigenvalue weighted by Gasteiger charge is 2.58. The van der Waals surface area contributed by atoms with Crippen LogP contribution in [0.3, 0.4) is 0 Å². The second kappa shape index (κ2) is 13.6. The van der Waals surface area contributed by atoms with Crippen LogP contribution >= 0.6 is 18.9 Å². The molecule has 3 amide bonds. The summed E-state index contributed by atoms with van der Waals surface area (Å²) >= 11 is 1.14. The molecule has 3 aliphatic heterocycles. The standard InChI is InChI=1S/C38H45F2N4O6PS/c1-42(29-17-26(39)18-29)27-8-10-30(41-35(45)33-16-24-15-23(7-12-32(24)52-33)34(40)51(48,49)50)36(46)44-28(19-27)9-11-31(44)37(47)43-21-25(20-38(43)13-14-38)22-5-3-2-4-6-22/h2-7,12,15-16,25-31,34H,8-11,13-14,17-21H2,1H3,(H,41,45)(H2,48,49,50)/t25-,26?,27-,28+,29?,30-,31-,34-/m0/s1. The molecular weight excluding hydrogens is 709 g/mol. The van der Waals surface area contributed by atoms with Crippen LogP contribution in [-0.2, 0) is 14.2 Å². The molecule has 5 aliphatic rings. The van der Waals surface area contributed by atoms with Crippen LogP contribution in [0.4, 0.5) is 8.78 Å². The number of carbonyl (C=O) groups is 3. The third kappa shape index (κ3) is 6.61. The van der Waals surface area contributed by atoms with E-state index in [1.165, 1.54) is 29.8 Å². The van der Waals surface area contributed by atoms with Crippen molar-refractivity contribution >= 4 is 46.7 Å². The summed E-state index contributed by atoms with van der Waals surface area (Å²) in [5, 5.41) is 3.43. The third-order valence-corrected chi connectivity index (χ3v) is 14.5. The maximum atomic E-state index is 14.6. The van der Waals surface area contributed by atoms with Gasteiger partial charge in [0.2, 0.25) is 17.7 Å². The molecule has 4 heterocycles. The quantitative estimate of drug-likeness (QED) is 0.239. The smallest absolute Gasteiger partial charge is 0.340 e. The fourth-order valence-electron chi connectivity index (χ4n) is 9.30. The summed E-state index contributed by atoms with van der Waals surface area (Å²) in [4.78, 5) is 68.0. The van der Waals surface area contributed by atoms with Crippen LogP contribution in [0.2, 0.25) is 0 Å². The van der Waals surface area contributed by atoms with Gasteiger partial charge in [0.25, 0.3) is 5.91 Å². The Morgan fingerprint density at radius 3 is 2.46 bits per heavy atom. The minimum absolute atomic E-state index is 0.0108. The van der Waals surface area contributed by atoms with Gasteiger partial charge in [-0.2, -0.15) is 0 Å². The Labute approximate surface area is 305 Å². The van der Waals surface area contributed by atoms with Gasteiger partial charge in [-0.05, 0) is 106 Å². The van der Waals surface area contributed by atoms with Crippen LogP contribution in [0.15, 0.2) is 54.6 Å². The predicted octanol–water partition coefficient (Wildman–Crippen LogP) is 6.04. The van der Waals surface area contributed by atoms with E-state index in [4.69, 9.17) is 0 Å². The van der Waals surface area contributed by atoms with Crippen molar-refractivity contribution in [2.75, 3.05) is 13.6 Å². The average molecular weight is 755 g/mol. The SMILES string of the molecule is CN(C1CC(F)C1)[C@H]1CC[C@H](NC(=O)c2cc3cc([C@@H](F)P(=O)(O)O)ccc3s2)C(=O)N2[C@H](CC[C@H]2C(=O)N2C[C@@H](c3ccccc3)CC23CC3)C1. The molecule has 52 heavy (non-hydrogen) atoms. The van der Waals surface area contributed by atoms with Crippen molar-refractivity contribution in [3.05, 3.63) is 70.6 Å². The molecule has 3 aromatic rings. The van der Waals surface area contributed by atoms with Crippen LogP contribution in [0.1, 0.15) is 96.8 Å². The average Bonchev–Trinajstić information content (AvgIpc) is 3.40. The van der Waals surface area contributed by atoms with E-state index in [0.717, 1.165) is 30.6 Å². The van der Waals surface area contributed by atoms with Gasteiger partial charge < -0.3 is 29.8 Å². The summed E-state index contributed by atoms with van der Waals surface area (Å²) in [5.41, 5.74) is 0.873. The molecule has 2 aromatic carbocycles. The van der Waals surface area contributed by atoms with Crippen molar-refractivity contribution in [2.24, 2.45) is 0 Å². The van der Waals surface area contributed by atoms with E-state index in [1.54, 1.807) is 4.90 Å². The van der Waals surface area contributed by atoms with Gasteiger partial charge in [-0.3, -0.25) is 18.9 Å². The molecule has 14 heteroatoms. The summed E-state index contributed by atoms with van der Waals surface area (Å²) in [7, 11) is -2.99. The van der Waals surface area contributed by atoms with Crippen molar-refractivity contribution in [1.82, 2.24) is 20.0 Å². The van der Waals surface area contributed by atoms with Crippen molar-refractivity contribution in [2.45, 2.75) is 118 Å². The number of hydrogen-bond donors (Lipinski definition) is 3. The van der Waals surface area contributed by atoms with Crippen molar-refractivity contribution < 1.29 is 37.5 Å². The molecule has 1 aromatic heterocycles. The number of alkyl halides is 2. The zero-order valence-corrected chi connectivity index (χ0v) is 30.8. The molecule has 8 rings (SSSR count). The Balaban J connectivity index is 1.05. The molecule has 0 bridgehead atoms. The molecule has 0 unspecified atom stereocenters.